The van der Waals surface area contributed by atoms with Gasteiger partial charge in [-0.15, -0.1) is 0 Å². The molecule has 2 heterocycles. The number of para-hydroxylation sites is 1. The number of aryl methyl sites for hydroxylation is 1. The van der Waals surface area contributed by atoms with E-state index >= 15 is 0 Å². The van der Waals surface area contributed by atoms with Gasteiger partial charge in [0, 0.05) is 37.3 Å². The van der Waals surface area contributed by atoms with Gasteiger partial charge in [0.2, 0.25) is 5.91 Å². The van der Waals surface area contributed by atoms with Crippen molar-refractivity contribution in [2.75, 3.05) is 0 Å². The number of hydrogen-bond acceptors (Lipinski definition) is 3. The summed E-state index contributed by atoms with van der Waals surface area (Å²) in [4.78, 5) is 30.2. The highest BCUT2D eigenvalue weighted by Crippen LogP contribution is 2.33. The summed E-state index contributed by atoms with van der Waals surface area (Å²) in [7, 11) is 0. The minimum atomic E-state index is -0.924. The lowest BCUT2D eigenvalue weighted by molar-refractivity contribution is -0.122. The van der Waals surface area contributed by atoms with E-state index in [1.807, 2.05) is 18.2 Å². The van der Waals surface area contributed by atoms with Gasteiger partial charge in [-0.2, -0.15) is 0 Å². The zero-order chi connectivity index (χ0) is 30.1. The number of nitrogens with two attached hydrogens (primary N) is 1. The Morgan fingerprint density at radius 1 is 0.953 bits per heavy atom. The van der Waals surface area contributed by atoms with Gasteiger partial charge in [0.25, 0.3) is 5.91 Å². The first-order valence-electron chi connectivity index (χ1n) is 14.2. The van der Waals surface area contributed by atoms with Gasteiger partial charge in [0.15, 0.2) is 0 Å². The van der Waals surface area contributed by atoms with E-state index in [9.17, 15) is 22.8 Å². The van der Waals surface area contributed by atoms with Crippen LogP contribution in [0.1, 0.15) is 54.6 Å². The lowest BCUT2D eigenvalue weighted by Gasteiger charge is -2.23. The zero-order valence-corrected chi connectivity index (χ0v) is 23.2. The summed E-state index contributed by atoms with van der Waals surface area (Å²) in [6, 6.07) is 17.8. The minimum Gasteiger partial charge on any atom is -0.366 e. The molecule has 5 aromatic rings. The van der Waals surface area contributed by atoms with Crippen LogP contribution in [0.15, 0.2) is 79.0 Å². The lowest BCUT2D eigenvalue weighted by Crippen LogP contribution is -2.34. The number of benzene rings is 3. The SMILES string of the molecule is NC(=O)c1cc(-c2cccnc2[C@H](Cc2cc(F)cc(F)c2)NC(=O)Cn2c3c(c4ccccc42)CCCC3)ccc1F.[HH].[HH]. The maximum atomic E-state index is 14.3. The number of primary amides is 1. The number of rotatable bonds is 8. The molecular weight excluding hydrogens is 553 g/mol. The molecule has 6 rings (SSSR count). The van der Waals surface area contributed by atoms with Gasteiger partial charge in [-0.05, 0) is 85.2 Å². The van der Waals surface area contributed by atoms with Crippen LogP contribution in [-0.2, 0) is 30.6 Å². The topological polar surface area (TPSA) is 90.0 Å². The number of nitrogens with one attached hydrogen (secondary N) is 1. The summed E-state index contributed by atoms with van der Waals surface area (Å²) in [6.07, 6.45) is 5.54. The largest absolute Gasteiger partial charge is 0.366 e. The van der Waals surface area contributed by atoms with Gasteiger partial charge in [0.1, 0.15) is 24.0 Å². The van der Waals surface area contributed by atoms with E-state index in [-0.39, 0.29) is 27.3 Å². The van der Waals surface area contributed by atoms with Gasteiger partial charge in [-0.3, -0.25) is 14.6 Å². The molecule has 3 aromatic carbocycles. The summed E-state index contributed by atoms with van der Waals surface area (Å²) >= 11 is 0. The van der Waals surface area contributed by atoms with E-state index in [0.29, 0.717) is 22.4 Å². The maximum Gasteiger partial charge on any atom is 0.251 e. The highest BCUT2D eigenvalue weighted by Gasteiger charge is 2.25. The van der Waals surface area contributed by atoms with Crippen molar-refractivity contribution >= 4 is 22.7 Å². The van der Waals surface area contributed by atoms with Gasteiger partial charge in [0.05, 0.1) is 17.3 Å². The Bertz CT molecular complexity index is 1860. The second-order valence-corrected chi connectivity index (χ2v) is 10.8. The number of aromatic nitrogens is 2. The normalized spacial score (nSPS) is 13.5. The number of hydrogen-bond donors (Lipinski definition) is 2. The van der Waals surface area contributed by atoms with E-state index < -0.39 is 29.4 Å². The molecule has 2 aromatic heterocycles. The van der Waals surface area contributed by atoms with Crippen LogP contribution in [0.25, 0.3) is 22.0 Å². The Labute approximate surface area is 249 Å². The molecular formula is C34H33F3N4O2. The number of nitrogens with zero attached hydrogens (tertiary/aromatic N) is 2. The molecule has 222 valence electrons. The molecule has 6 nitrogen and oxygen atoms in total. The Morgan fingerprint density at radius 3 is 2.51 bits per heavy atom. The summed E-state index contributed by atoms with van der Waals surface area (Å²) < 4.78 is 44.7. The predicted molar refractivity (Wildman–Crippen MR) is 162 cm³/mol. The summed E-state index contributed by atoms with van der Waals surface area (Å²) in [5.74, 6) is -3.46. The standard InChI is InChI=1S/C34H29F3N4O2.2H2/c35-22-14-20(15-23(36)18-22)16-29(33-24(8-5-13-39-33)21-11-12-28(37)27(17-21)34(38)43)40-32(42)19-41-30-9-3-1-6-25(30)26-7-2-4-10-31(26)41;;/h1,3,5-6,8-9,11-15,17-18,29H,2,4,7,10,16,19H2,(H2,38,43)(H,40,42);2*1H/t29-;;/m0../s1. The first kappa shape index (κ1) is 28.2. The molecule has 3 N–H and O–H groups in total. The average molecular weight is 587 g/mol. The fourth-order valence-corrected chi connectivity index (χ4v) is 6.15. The summed E-state index contributed by atoms with van der Waals surface area (Å²) in [5.41, 5.74) is 10.2. The Morgan fingerprint density at radius 2 is 1.72 bits per heavy atom. The minimum absolute atomic E-state index is 0. The van der Waals surface area contributed by atoms with Crippen molar-refractivity contribution in [1.29, 1.82) is 0 Å². The molecule has 0 unspecified atom stereocenters. The highest BCUT2D eigenvalue weighted by molar-refractivity contribution is 5.94. The van der Waals surface area contributed by atoms with Crippen molar-refractivity contribution in [3.05, 3.63) is 125 Å². The van der Waals surface area contributed by atoms with E-state index in [4.69, 9.17) is 5.73 Å². The quantitative estimate of drug-likeness (QED) is 0.212. The number of carbonyl (C=O) groups is 2. The van der Waals surface area contributed by atoms with Crippen LogP contribution in [0.5, 0.6) is 0 Å². The molecule has 0 spiro atoms. The third-order valence-electron chi connectivity index (χ3n) is 8.00. The van der Waals surface area contributed by atoms with Crippen molar-refractivity contribution in [3.63, 3.8) is 0 Å². The molecule has 0 aliphatic heterocycles. The number of amides is 2. The predicted octanol–water partition coefficient (Wildman–Crippen LogP) is 6.69. The van der Waals surface area contributed by atoms with E-state index in [1.165, 1.54) is 29.8 Å². The van der Waals surface area contributed by atoms with Crippen LogP contribution in [-0.4, -0.2) is 21.4 Å². The van der Waals surface area contributed by atoms with Crippen LogP contribution in [0.2, 0.25) is 0 Å². The molecule has 1 atom stereocenters. The first-order valence-corrected chi connectivity index (χ1v) is 14.2. The smallest absolute Gasteiger partial charge is 0.251 e. The van der Waals surface area contributed by atoms with Crippen LogP contribution in [0.4, 0.5) is 13.2 Å². The molecule has 0 saturated carbocycles. The third kappa shape index (κ3) is 5.75. The number of carbonyl (C=O) groups excluding carboxylic acids is 2. The molecule has 0 radical (unpaired) electrons. The molecule has 2 amide bonds. The van der Waals surface area contributed by atoms with Gasteiger partial charge >= 0.3 is 0 Å². The zero-order valence-electron chi connectivity index (χ0n) is 23.2. The van der Waals surface area contributed by atoms with E-state index in [2.05, 4.69) is 20.9 Å². The van der Waals surface area contributed by atoms with Crippen molar-refractivity contribution in [2.24, 2.45) is 5.73 Å². The monoisotopic (exact) mass is 586 g/mol. The Kier molecular flexibility index (Phi) is 7.71. The molecule has 0 fully saturated rings. The van der Waals surface area contributed by atoms with Crippen molar-refractivity contribution in [2.45, 2.75) is 44.7 Å². The Balaban J connectivity index is 0.00000230. The van der Waals surface area contributed by atoms with Crippen LogP contribution in [0.3, 0.4) is 0 Å². The number of halogens is 3. The second kappa shape index (κ2) is 11.8. The van der Waals surface area contributed by atoms with Crippen molar-refractivity contribution in [3.8, 4) is 11.1 Å². The van der Waals surface area contributed by atoms with E-state index in [0.717, 1.165) is 54.4 Å². The molecule has 1 aliphatic carbocycles. The number of fused-ring (bicyclic) bond motifs is 3. The fourth-order valence-electron chi connectivity index (χ4n) is 6.15. The van der Waals surface area contributed by atoms with Crippen LogP contribution in [0, 0.1) is 17.5 Å². The fraction of sp³-hybridized carbons (Fsp3) is 0.206. The summed E-state index contributed by atoms with van der Waals surface area (Å²) in [6.45, 7) is 0.0500. The lowest BCUT2D eigenvalue weighted by atomic mass is 9.94. The molecule has 0 saturated heterocycles. The van der Waals surface area contributed by atoms with Crippen LogP contribution < -0.4 is 11.1 Å². The first-order chi connectivity index (χ1) is 20.8. The van der Waals surface area contributed by atoms with Gasteiger partial charge in [-0.1, -0.05) is 30.3 Å². The maximum absolute atomic E-state index is 14.3. The van der Waals surface area contributed by atoms with E-state index in [1.54, 1.807) is 18.3 Å². The molecule has 9 heteroatoms. The average Bonchev–Trinajstić information content (AvgIpc) is 3.30. The Hall–Kier alpha value is -4.92. The molecule has 0 bridgehead atoms. The van der Waals surface area contributed by atoms with Crippen molar-refractivity contribution < 1.29 is 25.6 Å². The van der Waals surface area contributed by atoms with Crippen LogP contribution >= 0.6 is 0 Å². The highest BCUT2D eigenvalue weighted by atomic mass is 19.1. The van der Waals surface area contributed by atoms with Gasteiger partial charge in [-0.25, -0.2) is 13.2 Å². The van der Waals surface area contributed by atoms with Gasteiger partial charge < -0.3 is 15.6 Å². The third-order valence-corrected chi connectivity index (χ3v) is 8.00. The summed E-state index contributed by atoms with van der Waals surface area (Å²) in [5, 5.41) is 4.20. The number of pyridine rings is 1. The van der Waals surface area contributed by atoms with Crippen molar-refractivity contribution in [1.82, 2.24) is 14.9 Å². The molecule has 1 aliphatic rings. The second-order valence-electron chi connectivity index (χ2n) is 10.8. The molecule has 43 heavy (non-hydrogen) atoms.